The van der Waals surface area contributed by atoms with Crippen LogP contribution in [0.3, 0.4) is 0 Å². The van der Waals surface area contributed by atoms with E-state index < -0.39 is 11.6 Å². The van der Waals surface area contributed by atoms with Gasteiger partial charge in [-0.25, -0.2) is 8.78 Å². The van der Waals surface area contributed by atoms with E-state index in [-0.39, 0.29) is 5.02 Å². The molecule has 3 heteroatoms. The molecule has 0 saturated carbocycles. The van der Waals surface area contributed by atoms with Crippen LogP contribution >= 0.6 is 11.6 Å². The van der Waals surface area contributed by atoms with Crippen LogP contribution in [0.2, 0.25) is 5.02 Å². The van der Waals surface area contributed by atoms with E-state index in [9.17, 15) is 8.78 Å². The minimum absolute atomic E-state index is 0.0531. The van der Waals surface area contributed by atoms with E-state index in [1.54, 1.807) is 24.3 Å². The molecule has 0 unspecified atom stereocenters. The highest BCUT2D eigenvalue weighted by molar-refractivity contribution is 6.33. The summed E-state index contributed by atoms with van der Waals surface area (Å²) in [5.41, 5.74) is 1.07. The third-order valence-electron chi connectivity index (χ3n) is 2.08. The van der Waals surface area contributed by atoms with E-state index in [4.69, 9.17) is 11.6 Å². The first-order valence-corrected chi connectivity index (χ1v) is 4.76. The molecule has 0 bridgehead atoms. The van der Waals surface area contributed by atoms with Crippen LogP contribution < -0.4 is 0 Å². The minimum Gasteiger partial charge on any atom is -0.207 e. The normalized spacial score (nSPS) is 10.3. The molecule has 0 spiro atoms. The van der Waals surface area contributed by atoms with Gasteiger partial charge in [-0.2, -0.15) is 0 Å². The van der Waals surface area contributed by atoms with Gasteiger partial charge in [0.05, 0.1) is 5.02 Å². The molecule has 0 aliphatic rings. The van der Waals surface area contributed by atoms with Crippen LogP contribution in [0.25, 0.3) is 11.1 Å². The molecular weight excluding hydrogens is 218 g/mol. The Hall–Kier alpha value is -1.41. The zero-order valence-electron chi connectivity index (χ0n) is 7.68. The summed E-state index contributed by atoms with van der Waals surface area (Å²) in [7, 11) is 0. The fraction of sp³-hybridized carbons (Fsp3) is 0. The molecule has 0 heterocycles. The van der Waals surface area contributed by atoms with Crippen molar-refractivity contribution < 1.29 is 8.78 Å². The molecule has 0 amide bonds. The van der Waals surface area contributed by atoms with Gasteiger partial charge in [-0.3, -0.25) is 0 Å². The van der Waals surface area contributed by atoms with Crippen molar-refractivity contribution in [2.24, 2.45) is 0 Å². The van der Waals surface area contributed by atoms with Gasteiger partial charge in [-0.05, 0) is 11.6 Å². The van der Waals surface area contributed by atoms with E-state index in [2.05, 4.69) is 0 Å². The molecule has 2 aromatic carbocycles. The van der Waals surface area contributed by atoms with Crippen molar-refractivity contribution in [3.63, 3.8) is 0 Å². The van der Waals surface area contributed by atoms with Gasteiger partial charge in [0, 0.05) is 11.6 Å². The van der Waals surface area contributed by atoms with Crippen molar-refractivity contribution in [3.05, 3.63) is 59.1 Å². The highest BCUT2D eigenvalue weighted by Crippen LogP contribution is 2.30. The van der Waals surface area contributed by atoms with Crippen molar-refractivity contribution in [2.45, 2.75) is 0 Å². The highest BCUT2D eigenvalue weighted by atomic mass is 35.5. The highest BCUT2D eigenvalue weighted by Gasteiger charge is 2.10. The number of hydrogen-bond donors (Lipinski definition) is 0. The molecule has 0 N–H and O–H groups in total. The lowest BCUT2D eigenvalue weighted by Crippen LogP contribution is -1.86. The summed E-state index contributed by atoms with van der Waals surface area (Å²) in [6.07, 6.45) is 0. The maximum absolute atomic E-state index is 13.2. The molecule has 2 aromatic rings. The Balaban J connectivity index is 2.63. The summed E-state index contributed by atoms with van der Waals surface area (Å²) in [6, 6.07) is 10.9. The minimum atomic E-state index is -0.740. The number of halogens is 3. The summed E-state index contributed by atoms with van der Waals surface area (Å²) in [5, 5.41) is -0.0531. The second kappa shape index (κ2) is 3.99. The van der Waals surface area contributed by atoms with Crippen LogP contribution in [-0.2, 0) is 0 Å². The molecule has 0 aliphatic heterocycles. The first kappa shape index (κ1) is 10.1. The molecule has 0 aromatic heterocycles. The zero-order chi connectivity index (χ0) is 10.8. The van der Waals surface area contributed by atoms with Crippen LogP contribution in [0, 0.1) is 11.6 Å². The van der Waals surface area contributed by atoms with E-state index in [0.29, 0.717) is 11.1 Å². The lowest BCUT2D eigenvalue weighted by Gasteiger charge is -2.05. The second-order valence-corrected chi connectivity index (χ2v) is 3.49. The molecule has 0 nitrogen and oxygen atoms in total. The van der Waals surface area contributed by atoms with Gasteiger partial charge in [0.25, 0.3) is 0 Å². The van der Waals surface area contributed by atoms with Gasteiger partial charge >= 0.3 is 0 Å². The SMILES string of the molecule is Fc1cc(F)c(Cl)c(-c2ccccc2)c1. The Kier molecular flexibility index (Phi) is 2.69. The van der Waals surface area contributed by atoms with Gasteiger partial charge in [0.2, 0.25) is 0 Å². The second-order valence-electron chi connectivity index (χ2n) is 3.12. The van der Waals surface area contributed by atoms with Crippen LogP contribution in [0.15, 0.2) is 42.5 Å². The topological polar surface area (TPSA) is 0 Å². The predicted octanol–water partition coefficient (Wildman–Crippen LogP) is 4.29. The monoisotopic (exact) mass is 224 g/mol. The lowest BCUT2D eigenvalue weighted by atomic mass is 10.1. The molecule has 15 heavy (non-hydrogen) atoms. The van der Waals surface area contributed by atoms with Gasteiger partial charge in [0.1, 0.15) is 11.6 Å². The zero-order valence-corrected chi connectivity index (χ0v) is 8.43. The quantitative estimate of drug-likeness (QED) is 0.634. The van der Waals surface area contributed by atoms with E-state index in [1.807, 2.05) is 6.07 Å². The largest absolute Gasteiger partial charge is 0.207 e. The molecule has 0 radical (unpaired) electrons. The fourth-order valence-corrected chi connectivity index (χ4v) is 1.60. The van der Waals surface area contributed by atoms with E-state index in [1.165, 1.54) is 6.07 Å². The van der Waals surface area contributed by atoms with Gasteiger partial charge < -0.3 is 0 Å². The Morgan fingerprint density at radius 1 is 0.933 bits per heavy atom. The molecule has 0 saturated heterocycles. The molecular formula is C12H7ClF2. The van der Waals surface area contributed by atoms with Crippen molar-refractivity contribution in [1.82, 2.24) is 0 Å². The Bertz CT molecular complexity index is 480. The molecule has 76 valence electrons. The van der Waals surface area contributed by atoms with Crippen molar-refractivity contribution >= 4 is 11.6 Å². The number of rotatable bonds is 1. The van der Waals surface area contributed by atoms with Crippen molar-refractivity contribution in [1.29, 1.82) is 0 Å². The molecule has 0 atom stereocenters. The van der Waals surface area contributed by atoms with Crippen molar-refractivity contribution in [2.75, 3.05) is 0 Å². The van der Waals surface area contributed by atoms with Gasteiger partial charge in [-0.15, -0.1) is 0 Å². The van der Waals surface area contributed by atoms with Crippen LogP contribution in [-0.4, -0.2) is 0 Å². The Morgan fingerprint density at radius 2 is 1.60 bits per heavy atom. The molecule has 0 fully saturated rings. The Labute approximate surface area is 91.1 Å². The van der Waals surface area contributed by atoms with E-state index >= 15 is 0 Å². The van der Waals surface area contributed by atoms with Gasteiger partial charge in [0.15, 0.2) is 0 Å². The summed E-state index contributed by atoms with van der Waals surface area (Å²) in [6.45, 7) is 0. The smallest absolute Gasteiger partial charge is 0.145 e. The first-order chi connectivity index (χ1) is 7.18. The maximum atomic E-state index is 13.2. The summed E-state index contributed by atoms with van der Waals surface area (Å²) >= 11 is 5.76. The summed E-state index contributed by atoms with van der Waals surface area (Å²) in [5.74, 6) is -1.37. The third kappa shape index (κ3) is 2.00. The predicted molar refractivity (Wildman–Crippen MR) is 56.8 cm³/mol. The van der Waals surface area contributed by atoms with Gasteiger partial charge in [-0.1, -0.05) is 41.9 Å². The number of benzene rings is 2. The fourth-order valence-electron chi connectivity index (χ4n) is 1.38. The maximum Gasteiger partial charge on any atom is 0.145 e. The lowest BCUT2D eigenvalue weighted by molar-refractivity contribution is 0.584. The standard InChI is InChI=1S/C12H7ClF2/c13-12-10(6-9(14)7-11(12)15)8-4-2-1-3-5-8/h1-7H. The number of hydrogen-bond acceptors (Lipinski definition) is 0. The molecule has 0 aliphatic carbocycles. The van der Waals surface area contributed by atoms with Crippen molar-refractivity contribution in [3.8, 4) is 11.1 Å². The van der Waals surface area contributed by atoms with Crippen LogP contribution in [0.1, 0.15) is 0 Å². The van der Waals surface area contributed by atoms with E-state index in [0.717, 1.165) is 6.07 Å². The average molecular weight is 225 g/mol. The molecule has 2 rings (SSSR count). The third-order valence-corrected chi connectivity index (χ3v) is 2.46. The summed E-state index contributed by atoms with van der Waals surface area (Å²) in [4.78, 5) is 0. The first-order valence-electron chi connectivity index (χ1n) is 4.38. The summed E-state index contributed by atoms with van der Waals surface area (Å²) < 4.78 is 26.1. The Morgan fingerprint density at radius 3 is 2.27 bits per heavy atom. The van der Waals surface area contributed by atoms with Crippen LogP contribution in [0.5, 0.6) is 0 Å². The van der Waals surface area contributed by atoms with Crippen LogP contribution in [0.4, 0.5) is 8.78 Å². The average Bonchev–Trinajstić information content (AvgIpc) is 2.24.